The van der Waals surface area contributed by atoms with Crippen molar-refractivity contribution >= 4 is 0 Å². The van der Waals surface area contributed by atoms with E-state index >= 15 is 0 Å². The van der Waals surface area contributed by atoms with Crippen LogP contribution in [0.5, 0.6) is 0 Å². The predicted molar refractivity (Wildman–Crippen MR) is 78.8 cm³/mol. The van der Waals surface area contributed by atoms with Crippen LogP contribution >= 0.6 is 0 Å². The molecule has 0 aliphatic heterocycles. The Bertz CT molecular complexity index is 262. The second kappa shape index (κ2) is 5.92. The predicted octanol–water partition coefficient (Wildman–Crippen LogP) is 3.13. The van der Waals surface area contributed by atoms with E-state index in [-0.39, 0.29) is 0 Å². The zero-order chi connectivity index (χ0) is 13.2. The molecule has 3 unspecified atom stereocenters. The number of fused-ring (bicyclic) bond motifs is 2. The molecule has 0 aromatic carbocycles. The van der Waals surface area contributed by atoms with E-state index < -0.39 is 0 Å². The lowest BCUT2D eigenvalue weighted by Crippen LogP contribution is -2.43. The Morgan fingerprint density at radius 2 is 2.00 bits per heavy atom. The van der Waals surface area contributed by atoms with Crippen LogP contribution in [0.3, 0.4) is 0 Å². The maximum absolute atomic E-state index is 3.66. The first-order chi connectivity index (χ1) is 8.50. The fourth-order valence-corrected chi connectivity index (χ4v) is 3.80. The minimum absolute atomic E-state index is 0.299. The SMILES string of the molecule is CCC(C)(C)NCCN(C)CC1CC2CCC1C2. The Labute approximate surface area is 114 Å². The molecule has 18 heavy (non-hydrogen) atoms. The zero-order valence-electron chi connectivity index (χ0n) is 12.8. The van der Waals surface area contributed by atoms with Gasteiger partial charge < -0.3 is 10.2 Å². The second-order valence-electron chi connectivity index (χ2n) is 7.36. The summed E-state index contributed by atoms with van der Waals surface area (Å²) >= 11 is 0. The van der Waals surface area contributed by atoms with E-state index in [9.17, 15) is 0 Å². The number of likely N-dealkylation sites (N-methyl/N-ethyl adjacent to an activating group) is 1. The normalized spacial score (nSPS) is 31.5. The van der Waals surface area contributed by atoms with Crippen LogP contribution in [0, 0.1) is 17.8 Å². The lowest BCUT2D eigenvalue weighted by molar-refractivity contribution is 0.214. The van der Waals surface area contributed by atoms with Crippen LogP contribution < -0.4 is 5.32 Å². The molecule has 2 fully saturated rings. The molecule has 3 atom stereocenters. The van der Waals surface area contributed by atoms with Gasteiger partial charge in [0.2, 0.25) is 0 Å². The van der Waals surface area contributed by atoms with Crippen molar-refractivity contribution in [3.8, 4) is 0 Å². The Morgan fingerprint density at radius 1 is 1.22 bits per heavy atom. The third-order valence-corrected chi connectivity index (χ3v) is 5.41. The van der Waals surface area contributed by atoms with Gasteiger partial charge in [-0.15, -0.1) is 0 Å². The maximum atomic E-state index is 3.66. The standard InChI is InChI=1S/C16H32N2/c1-5-16(2,3)17-8-9-18(4)12-15-11-13-6-7-14(15)10-13/h13-15,17H,5-12H2,1-4H3. The van der Waals surface area contributed by atoms with Gasteiger partial charge in [-0.3, -0.25) is 0 Å². The van der Waals surface area contributed by atoms with Crippen molar-refractivity contribution in [1.82, 2.24) is 10.2 Å². The molecule has 0 spiro atoms. The van der Waals surface area contributed by atoms with Crippen LogP contribution in [0.2, 0.25) is 0 Å². The second-order valence-corrected chi connectivity index (χ2v) is 7.36. The van der Waals surface area contributed by atoms with Gasteiger partial charge in [-0.2, -0.15) is 0 Å². The third kappa shape index (κ3) is 3.71. The molecule has 2 aliphatic rings. The van der Waals surface area contributed by atoms with Crippen LogP contribution in [0.4, 0.5) is 0 Å². The van der Waals surface area contributed by atoms with Gasteiger partial charge in [-0.05, 0) is 64.3 Å². The van der Waals surface area contributed by atoms with E-state index in [1.807, 2.05) is 0 Å². The van der Waals surface area contributed by atoms with Crippen LogP contribution in [0.25, 0.3) is 0 Å². The molecule has 0 heterocycles. The highest BCUT2D eigenvalue weighted by atomic mass is 15.1. The fourth-order valence-electron chi connectivity index (χ4n) is 3.80. The smallest absolute Gasteiger partial charge is 0.0123 e. The largest absolute Gasteiger partial charge is 0.311 e. The van der Waals surface area contributed by atoms with E-state index in [0.717, 1.165) is 24.3 Å². The Kier molecular flexibility index (Phi) is 4.71. The van der Waals surface area contributed by atoms with Crippen molar-refractivity contribution in [1.29, 1.82) is 0 Å². The van der Waals surface area contributed by atoms with E-state index in [2.05, 4.69) is 38.0 Å². The minimum atomic E-state index is 0.299. The Balaban J connectivity index is 1.62. The number of hydrogen-bond acceptors (Lipinski definition) is 2. The number of nitrogens with zero attached hydrogens (tertiary/aromatic N) is 1. The van der Waals surface area contributed by atoms with Crippen molar-refractivity contribution in [3.05, 3.63) is 0 Å². The zero-order valence-corrected chi connectivity index (χ0v) is 12.8. The van der Waals surface area contributed by atoms with Crippen LogP contribution in [0.15, 0.2) is 0 Å². The van der Waals surface area contributed by atoms with Gasteiger partial charge in [0.25, 0.3) is 0 Å². The van der Waals surface area contributed by atoms with Gasteiger partial charge >= 0.3 is 0 Å². The van der Waals surface area contributed by atoms with Crippen molar-refractivity contribution in [2.24, 2.45) is 17.8 Å². The summed E-state index contributed by atoms with van der Waals surface area (Å²) < 4.78 is 0. The minimum Gasteiger partial charge on any atom is -0.311 e. The molecule has 0 radical (unpaired) electrons. The van der Waals surface area contributed by atoms with Crippen molar-refractivity contribution < 1.29 is 0 Å². The highest BCUT2D eigenvalue weighted by Gasteiger charge is 2.39. The molecular formula is C16H32N2. The Morgan fingerprint density at radius 3 is 2.56 bits per heavy atom. The first-order valence-electron chi connectivity index (χ1n) is 7.93. The van der Waals surface area contributed by atoms with E-state index in [1.165, 1.54) is 38.8 Å². The summed E-state index contributed by atoms with van der Waals surface area (Å²) in [4.78, 5) is 2.55. The van der Waals surface area contributed by atoms with E-state index in [0.29, 0.717) is 5.54 Å². The first-order valence-corrected chi connectivity index (χ1v) is 7.93. The molecule has 2 aliphatic carbocycles. The fraction of sp³-hybridized carbons (Fsp3) is 1.00. The summed E-state index contributed by atoms with van der Waals surface area (Å²) in [5.74, 6) is 3.16. The molecular weight excluding hydrogens is 220 g/mol. The van der Waals surface area contributed by atoms with Crippen LogP contribution in [0.1, 0.15) is 52.9 Å². The van der Waals surface area contributed by atoms with Gasteiger partial charge in [0.1, 0.15) is 0 Å². The average Bonchev–Trinajstić information content (AvgIpc) is 2.90. The van der Waals surface area contributed by atoms with Crippen LogP contribution in [-0.4, -0.2) is 37.1 Å². The highest BCUT2D eigenvalue weighted by molar-refractivity contribution is 4.91. The molecule has 2 heteroatoms. The van der Waals surface area contributed by atoms with E-state index in [1.54, 1.807) is 6.42 Å². The molecule has 2 rings (SSSR count). The van der Waals surface area contributed by atoms with Crippen molar-refractivity contribution in [3.63, 3.8) is 0 Å². The van der Waals surface area contributed by atoms with Gasteiger partial charge in [0.05, 0.1) is 0 Å². The number of rotatable bonds is 7. The Hall–Kier alpha value is -0.0800. The molecule has 1 N–H and O–H groups in total. The number of nitrogens with one attached hydrogen (secondary N) is 1. The van der Waals surface area contributed by atoms with E-state index in [4.69, 9.17) is 0 Å². The number of hydrogen-bond donors (Lipinski definition) is 1. The molecule has 2 nitrogen and oxygen atoms in total. The molecule has 0 aromatic heterocycles. The molecule has 2 bridgehead atoms. The van der Waals surface area contributed by atoms with Gasteiger partial charge in [0.15, 0.2) is 0 Å². The lowest BCUT2D eigenvalue weighted by Gasteiger charge is -2.29. The molecule has 0 saturated heterocycles. The van der Waals surface area contributed by atoms with Gasteiger partial charge in [-0.1, -0.05) is 13.3 Å². The van der Waals surface area contributed by atoms with Gasteiger partial charge in [-0.25, -0.2) is 0 Å². The van der Waals surface area contributed by atoms with Crippen LogP contribution in [-0.2, 0) is 0 Å². The summed E-state index contributed by atoms with van der Waals surface area (Å²) in [6.45, 7) is 10.5. The third-order valence-electron chi connectivity index (χ3n) is 5.41. The maximum Gasteiger partial charge on any atom is 0.0123 e. The topological polar surface area (TPSA) is 15.3 Å². The summed E-state index contributed by atoms with van der Waals surface area (Å²) in [7, 11) is 2.30. The average molecular weight is 252 g/mol. The van der Waals surface area contributed by atoms with Gasteiger partial charge in [0, 0.05) is 25.2 Å². The summed E-state index contributed by atoms with van der Waals surface area (Å²) in [6, 6.07) is 0. The van der Waals surface area contributed by atoms with Crippen molar-refractivity contribution in [2.45, 2.75) is 58.4 Å². The molecule has 106 valence electrons. The molecule has 2 saturated carbocycles. The van der Waals surface area contributed by atoms with Crippen molar-refractivity contribution in [2.75, 3.05) is 26.7 Å². The monoisotopic (exact) mass is 252 g/mol. The molecule has 0 aromatic rings. The summed E-state index contributed by atoms with van der Waals surface area (Å²) in [6.07, 6.45) is 7.30. The highest BCUT2D eigenvalue weighted by Crippen LogP contribution is 2.48. The summed E-state index contributed by atoms with van der Waals surface area (Å²) in [5.41, 5.74) is 0.299. The lowest BCUT2D eigenvalue weighted by atomic mass is 9.88. The quantitative estimate of drug-likeness (QED) is 0.749. The summed E-state index contributed by atoms with van der Waals surface area (Å²) in [5, 5.41) is 3.66. The molecule has 0 amide bonds. The first kappa shape index (κ1) is 14.3.